The first kappa shape index (κ1) is 12.0. The van der Waals surface area contributed by atoms with Gasteiger partial charge in [-0.25, -0.2) is 0 Å². The lowest BCUT2D eigenvalue weighted by Crippen LogP contribution is -2.24. The second-order valence-corrected chi connectivity index (χ2v) is 5.05. The Hall–Kier alpha value is -2.07. The molecule has 0 saturated heterocycles. The summed E-state index contributed by atoms with van der Waals surface area (Å²) in [5.41, 5.74) is 1.75. The molecular weight excluding hydrogens is 240 g/mol. The molecule has 0 radical (unpaired) electrons. The van der Waals surface area contributed by atoms with E-state index in [9.17, 15) is 5.11 Å². The standard InChI is InChI=1S/C15H16N2O2/c1-15(18,11-7-8-19-10-11)9-13-12-5-3-4-6-14(12)17(2)16-13/h3-8,10,18H,9H2,1-2H3. The van der Waals surface area contributed by atoms with Crippen molar-refractivity contribution in [2.75, 3.05) is 0 Å². The summed E-state index contributed by atoms with van der Waals surface area (Å²) in [7, 11) is 1.92. The van der Waals surface area contributed by atoms with E-state index in [0.29, 0.717) is 6.42 Å². The molecule has 0 aliphatic heterocycles. The molecule has 1 aromatic carbocycles. The van der Waals surface area contributed by atoms with Gasteiger partial charge in [-0.2, -0.15) is 5.10 Å². The van der Waals surface area contributed by atoms with Crippen LogP contribution < -0.4 is 0 Å². The number of hydrogen-bond donors (Lipinski definition) is 1. The van der Waals surface area contributed by atoms with E-state index in [-0.39, 0.29) is 0 Å². The summed E-state index contributed by atoms with van der Waals surface area (Å²) in [6, 6.07) is 9.81. The predicted octanol–water partition coefficient (Wildman–Crippen LogP) is 2.62. The van der Waals surface area contributed by atoms with Gasteiger partial charge in [0.1, 0.15) is 0 Å². The van der Waals surface area contributed by atoms with Gasteiger partial charge >= 0.3 is 0 Å². The van der Waals surface area contributed by atoms with Gasteiger partial charge in [-0.15, -0.1) is 0 Å². The van der Waals surface area contributed by atoms with E-state index in [1.54, 1.807) is 25.5 Å². The average molecular weight is 256 g/mol. The van der Waals surface area contributed by atoms with Crippen molar-refractivity contribution in [2.45, 2.75) is 18.9 Å². The Morgan fingerprint density at radius 2 is 2.11 bits per heavy atom. The minimum atomic E-state index is -0.982. The Morgan fingerprint density at radius 1 is 1.32 bits per heavy atom. The molecule has 98 valence electrons. The first-order valence-electron chi connectivity index (χ1n) is 6.23. The number of aryl methyl sites for hydroxylation is 1. The maximum Gasteiger partial charge on any atom is 0.0963 e. The number of aromatic nitrogens is 2. The average Bonchev–Trinajstić information content (AvgIpc) is 3.00. The van der Waals surface area contributed by atoms with Gasteiger partial charge in [-0.05, 0) is 19.1 Å². The summed E-state index contributed by atoms with van der Waals surface area (Å²) in [5.74, 6) is 0. The number of aliphatic hydroxyl groups is 1. The largest absolute Gasteiger partial charge is 0.472 e. The van der Waals surface area contributed by atoms with Crippen LogP contribution in [0.5, 0.6) is 0 Å². The summed E-state index contributed by atoms with van der Waals surface area (Å²) in [6.45, 7) is 1.78. The van der Waals surface area contributed by atoms with Crippen molar-refractivity contribution in [1.82, 2.24) is 9.78 Å². The second-order valence-electron chi connectivity index (χ2n) is 5.05. The normalized spacial score (nSPS) is 14.7. The van der Waals surface area contributed by atoms with E-state index in [2.05, 4.69) is 5.10 Å². The van der Waals surface area contributed by atoms with Crippen LogP contribution in [-0.2, 0) is 19.1 Å². The van der Waals surface area contributed by atoms with Gasteiger partial charge in [-0.1, -0.05) is 18.2 Å². The van der Waals surface area contributed by atoms with Crippen LogP contribution in [0, 0.1) is 0 Å². The molecule has 0 bridgehead atoms. The van der Waals surface area contributed by atoms with Crippen LogP contribution in [0.25, 0.3) is 10.9 Å². The van der Waals surface area contributed by atoms with Crippen molar-refractivity contribution in [3.8, 4) is 0 Å². The van der Waals surface area contributed by atoms with Crippen LogP contribution in [-0.4, -0.2) is 14.9 Å². The Kier molecular flexibility index (Phi) is 2.68. The van der Waals surface area contributed by atoms with E-state index in [4.69, 9.17) is 4.42 Å². The van der Waals surface area contributed by atoms with Crippen LogP contribution in [0.1, 0.15) is 18.2 Å². The molecule has 2 heterocycles. The van der Waals surface area contributed by atoms with Crippen LogP contribution >= 0.6 is 0 Å². The van der Waals surface area contributed by atoms with Crippen molar-refractivity contribution in [2.24, 2.45) is 7.05 Å². The molecule has 1 atom stereocenters. The fourth-order valence-corrected chi connectivity index (χ4v) is 2.42. The van der Waals surface area contributed by atoms with Crippen molar-refractivity contribution >= 4 is 10.9 Å². The number of fused-ring (bicyclic) bond motifs is 1. The number of para-hydroxylation sites is 1. The maximum absolute atomic E-state index is 10.6. The SMILES string of the molecule is Cn1nc(CC(C)(O)c2ccoc2)c2ccccc21. The zero-order valence-corrected chi connectivity index (χ0v) is 11.0. The highest BCUT2D eigenvalue weighted by Gasteiger charge is 2.27. The van der Waals surface area contributed by atoms with Crippen molar-refractivity contribution in [3.63, 3.8) is 0 Å². The Labute approximate surface area is 111 Å². The number of hydrogen-bond acceptors (Lipinski definition) is 3. The topological polar surface area (TPSA) is 51.2 Å². The van der Waals surface area contributed by atoms with Gasteiger partial charge in [0.2, 0.25) is 0 Å². The van der Waals surface area contributed by atoms with Gasteiger partial charge in [0.05, 0.1) is 29.3 Å². The third-order valence-corrected chi connectivity index (χ3v) is 3.49. The molecule has 4 nitrogen and oxygen atoms in total. The quantitative estimate of drug-likeness (QED) is 0.783. The summed E-state index contributed by atoms with van der Waals surface area (Å²) < 4.78 is 6.89. The molecule has 1 N–H and O–H groups in total. The minimum absolute atomic E-state index is 0.452. The molecule has 19 heavy (non-hydrogen) atoms. The number of nitrogens with zero attached hydrogens (tertiary/aromatic N) is 2. The summed E-state index contributed by atoms with van der Waals surface area (Å²) in [5, 5.41) is 16.2. The summed E-state index contributed by atoms with van der Waals surface area (Å²) in [4.78, 5) is 0. The highest BCUT2D eigenvalue weighted by molar-refractivity contribution is 5.81. The minimum Gasteiger partial charge on any atom is -0.472 e. The molecule has 0 saturated carbocycles. The molecular formula is C15H16N2O2. The van der Waals surface area contributed by atoms with E-state index in [1.807, 2.05) is 36.0 Å². The third-order valence-electron chi connectivity index (χ3n) is 3.49. The van der Waals surface area contributed by atoms with Gasteiger partial charge in [0, 0.05) is 24.4 Å². The second kappa shape index (κ2) is 4.24. The van der Waals surface area contributed by atoms with Gasteiger partial charge in [0.15, 0.2) is 0 Å². The summed E-state index contributed by atoms with van der Waals surface area (Å²) >= 11 is 0. The molecule has 3 rings (SSSR count). The fourth-order valence-electron chi connectivity index (χ4n) is 2.42. The molecule has 3 aromatic rings. The smallest absolute Gasteiger partial charge is 0.0963 e. The molecule has 4 heteroatoms. The van der Waals surface area contributed by atoms with Crippen LogP contribution in [0.4, 0.5) is 0 Å². The van der Waals surface area contributed by atoms with Crippen molar-refractivity contribution < 1.29 is 9.52 Å². The van der Waals surface area contributed by atoms with Crippen LogP contribution in [0.15, 0.2) is 47.3 Å². The molecule has 0 aliphatic rings. The lowest BCUT2D eigenvalue weighted by molar-refractivity contribution is 0.0561. The van der Waals surface area contributed by atoms with Crippen molar-refractivity contribution in [1.29, 1.82) is 0 Å². The maximum atomic E-state index is 10.6. The number of furan rings is 1. The first-order chi connectivity index (χ1) is 9.08. The Bertz CT molecular complexity index is 696. The van der Waals surface area contributed by atoms with E-state index < -0.39 is 5.60 Å². The highest BCUT2D eigenvalue weighted by Crippen LogP contribution is 2.28. The first-order valence-corrected chi connectivity index (χ1v) is 6.23. The highest BCUT2D eigenvalue weighted by atomic mass is 16.3. The van der Waals surface area contributed by atoms with E-state index in [0.717, 1.165) is 22.2 Å². The number of rotatable bonds is 3. The lowest BCUT2D eigenvalue weighted by atomic mass is 9.92. The predicted molar refractivity (Wildman–Crippen MR) is 72.7 cm³/mol. The van der Waals surface area contributed by atoms with Crippen molar-refractivity contribution in [3.05, 3.63) is 54.1 Å². The Balaban J connectivity index is 2.02. The molecule has 0 amide bonds. The Morgan fingerprint density at radius 3 is 2.84 bits per heavy atom. The molecule has 0 aliphatic carbocycles. The molecule has 0 spiro atoms. The van der Waals surface area contributed by atoms with Crippen LogP contribution in [0.3, 0.4) is 0 Å². The zero-order chi connectivity index (χ0) is 13.5. The molecule has 0 fully saturated rings. The van der Waals surface area contributed by atoms with E-state index in [1.165, 1.54) is 0 Å². The third kappa shape index (κ3) is 2.04. The van der Waals surface area contributed by atoms with Gasteiger partial charge in [-0.3, -0.25) is 4.68 Å². The van der Waals surface area contributed by atoms with Crippen LogP contribution in [0.2, 0.25) is 0 Å². The van der Waals surface area contributed by atoms with Gasteiger partial charge in [0.25, 0.3) is 0 Å². The zero-order valence-electron chi connectivity index (χ0n) is 11.0. The fraction of sp³-hybridized carbons (Fsp3) is 0.267. The van der Waals surface area contributed by atoms with Gasteiger partial charge < -0.3 is 9.52 Å². The number of benzene rings is 1. The lowest BCUT2D eigenvalue weighted by Gasteiger charge is -2.20. The monoisotopic (exact) mass is 256 g/mol. The summed E-state index contributed by atoms with van der Waals surface area (Å²) in [6.07, 6.45) is 3.60. The molecule has 1 unspecified atom stereocenters. The molecule has 2 aromatic heterocycles. The van der Waals surface area contributed by atoms with E-state index >= 15 is 0 Å².